The molecule has 0 radical (unpaired) electrons. The normalized spacial score (nSPS) is 15.9. The summed E-state index contributed by atoms with van der Waals surface area (Å²) in [7, 11) is 1.33. The van der Waals surface area contributed by atoms with Gasteiger partial charge in [0.25, 0.3) is 5.91 Å². The molecule has 1 atom stereocenters. The molecule has 8 nitrogen and oxygen atoms in total. The Morgan fingerprint density at radius 3 is 2.67 bits per heavy atom. The molecule has 144 valence electrons. The molecule has 0 aliphatic carbocycles. The lowest BCUT2D eigenvalue weighted by Crippen LogP contribution is -2.32. The zero-order valence-electron chi connectivity index (χ0n) is 15.6. The van der Waals surface area contributed by atoms with Gasteiger partial charge in [-0.25, -0.2) is 4.68 Å². The SMILES string of the molecule is COC(=O)CC(NC(=O)c1nnn(C2CCNCC2)c1C)c1ccccc1. The lowest BCUT2D eigenvalue weighted by molar-refractivity contribution is -0.141. The van der Waals surface area contributed by atoms with E-state index < -0.39 is 6.04 Å². The fourth-order valence-electron chi connectivity index (χ4n) is 3.36. The molecular weight excluding hydrogens is 346 g/mol. The molecule has 1 aromatic carbocycles. The van der Waals surface area contributed by atoms with Crippen molar-refractivity contribution in [3.63, 3.8) is 0 Å². The third kappa shape index (κ3) is 4.51. The van der Waals surface area contributed by atoms with Gasteiger partial charge in [-0.1, -0.05) is 35.5 Å². The molecule has 0 spiro atoms. The summed E-state index contributed by atoms with van der Waals surface area (Å²) >= 11 is 0. The van der Waals surface area contributed by atoms with Crippen LogP contribution in [0.3, 0.4) is 0 Å². The Balaban J connectivity index is 1.77. The molecular formula is C19H25N5O3. The van der Waals surface area contributed by atoms with Crippen LogP contribution < -0.4 is 10.6 Å². The first-order chi connectivity index (χ1) is 13.1. The van der Waals surface area contributed by atoms with Crippen molar-refractivity contribution in [3.8, 4) is 0 Å². The Labute approximate surface area is 158 Å². The second-order valence-corrected chi connectivity index (χ2v) is 6.67. The number of hydrogen-bond acceptors (Lipinski definition) is 6. The van der Waals surface area contributed by atoms with Gasteiger partial charge in [0.2, 0.25) is 0 Å². The molecule has 1 aromatic heterocycles. The molecule has 8 heteroatoms. The van der Waals surface area contributed by atoms with E-state index in [4.69, 9.17) is 4.74 Å². The molecule has 1 unspecified atom stereocenters. The monoisotopic (exact) mass is 371 g/mol. The van der Waals surface area contributed by atoms with E-state index in [9.17, 15) is 9.59 Å². The van der Waals surface area contributed by atoms with Crippen LogP contribution in [0.4, 0.5) is 0 Å². The van der Waals surface area contributed by atoms with Crippen molar-refractivity contribution < 1.29 is 14.3 Å². The lowest BCUT2D eigenvalue weighted by atomic mass is 10.0. The van der Waals surface area contributed by atoms with Gasteiger partial charge in [0, 0.05) is 0 Å². The highest BCUT2D eigenvalue weighted by Crippen LogP contribution is 2.22. The molecule has 0 bridgehead atoms. The molecule has 2 aromatic rings. The predicted octanol–water partition coefficient (Wildman–Crippen LogP) is 1.55. The highest BCUT2D eigenvalue weighted by molar-refractivity contribution is 5.93. The molecule has 1 fully saturated rings. The van der Waals surface area contributed by atoms with E-state index in [1.54, 1.807) is 0 Å². The van der Waals surface area contributed by atoms with Crippen molar-refractivity contribution in [1.29, 1.82) is 0 Å². The van der Waals surface area contributed by atoms with Crippen LogP contribution in [-0.4, -0.2) is 47.1 Å². The smallest absolute Gasteiger partial charge is 0.307 e. The van der Waals surface area contributed by atoms with Crippen LogP contribution in [0.5, 0.6) is 0 Å². The summed E-state index contributed by atoms with van der Waals surface area (Å²) in [5.41, 5.74) is 1.86. The minimum absolute atomic E-state index is 0.0493. The number of aromatic nitrogens is 3. The quantitative estimate of drug-likeness (QED) is 0.748. The molecule has 1 aliphatic rings. The van der Waals surface area contributed by atoms with Crippen molar-refractivity contribution in [3.05, 3.63) is 47.3 Å². The van der Waals surface area contributed by atoms with Crippen molar-refractivity contribution in [1.82, 2.24) is 25.6 Å². The molecule has 1 aliphatic heterocycles. The van der Waals surface area contributed by atoms with Crippen molar-refractivity contribution in [2.24, 2.45) is 0 Å². The second-order valence-electron chi connectivity index (χ2n) is 6.67. The maximum Gasteiger partial charge on any atom is 0.307 e. The minimum atomic E-state index is -0.491. The maximum atomic E-state index is 12.8. The van der Waals surface area contributed by atoms with Crippen molar-refractivity contribution >= 4 is 11.9 Å². The van der Waals surface area contributed by atoms with Crippen LogP contribution >= 0.6 is 0 Å². The van der Waals surface area contributed by atoms with E-state index in [1.807, 2.05) is 41.9 Å². The van der Waals surface area contributed by atoms with Gasteiger partial charge in [0.15, 0.2) is 5.69 Å². The summed E-state index contributed by atoms with van der Waals surface area (Å²) in [4.78, 5) is 24.6. The van der Waals surface area contributed by atoms with Crippen LogP contribution in [0, 0.1) is 6.92 Å². The largest absolute Gasteiger partial charge is 0.469 e. The molecule has 2 heterocycles. The average Bonchev–Trinajstić information content (AvgIpc) is 3.10. The summed E-state index contributed by atoms with van der Waals surface area (Å²) < 4.78 is 6.61. The Morgan fingerprint density at radius 1 is 1.30 bits per heavy atom. The van der Waals surface area contributed by atoms with Crippen molar-refractivity contribution in [2.75, 3.05) is 20.2 Å². The standard InChI is InChI=1S/C19H25N5O3/c1-13-18(22-23-24(13)15-8-10-20-11-9-15)19(26)21-16(12-17(25)27-2)14-6-4-3-5-7-14/h3-7,15-16,20H,8-12H2,1-2H3,(H,21,26). The number of nitrogens with one attached hydrogen (secondary N) is 2. The first kappa shape index (κ1) is 19.0. The van der Waals surface area contributed by atoms with Gasteiger partial charge in [-0.2, -0.15) is 0 Å². The first-order valence-electron chi connectivity index (χ1n) is 9.15. The van der Waals surface area contributed by atoms with Crippen LogP contribution in [0.1, 0.15) is 53.1 Å². The Kier molecular flexibility index (Phi) is 6.18. The fourth-order valence-corrected chi connectivity index (χ4v) is 3.36. The van der Waals surface area contributed by atoms with E-state index in [2.05, 4.69) is 20.9 Å². The number of benzene rings is 1. The highest BCUT2D eigenvalue weighted by atomic mass is 16.5. The average molecular weight is 371 g/mol. The Morgan fingerprint density at radius 2 is 2.00 bits per heavy atom. The zero-order chi connectivity index (χ0) is 19.2. The van der Waals surface area contributed by atoms with E-state index >= 15 is 0 Å². The van der Waals surface area contributed by atoms with Crippen LogP contribution in [0.25, 0.3) is 0 Å². The van der Waals surface area contributed by atoms with E-state index in [1.165, 1.54) is 7.11 Å². The summed E-state index contributed by atoms with van der Waals surface area (Å²) in [6.45, 7) is 3.72. The second kappa shape index (κ2) is 8.77. The van der Waals surface area contributed by atoms with Crippen LogP contribution in [0.2, 0.25) is 0 Å². The van der Waals surface area contributed by atoms with Gasteiger partial charge >= 0.3 is 5.97 Å². The fraction of sp³-hybridized carbons (Fsp3) is 0.474. The highest BCUT2D eigenvalue weighted by Gasteiger charge is 2.25. The number of carbonyl (C=O) groups excluding carboxylic acids is 2. The van der Waals surface area contributed by atoms with Crippen LogP contribution in [-0.2, 0) is 9.53 Å². The van der Waals surface area contributed by atoms with Gasteiger partial charge in [0.1, 0.15) is 0 Å². The number of amides is 1. The molecule has 3 rings (SSSR count). The predicted molar refractivity (Wildman–Crippen MR) is 99.2 cm³/mol. The topological polar surface area (TPSA) is 98.1 Å². The summed E-state index contributed by atoms with van der Waals surface area (Å²) in [6, 6.07) is 9.11. The number of rotatable bonds is 6. The Bertz CT molecular complexity index is 784. The summed E-state index contributed by atoms with van der Waals surface area (Å²) in [5, 5.41) is 14.5. The number of methoxy groups -OCH3 is 1. The molecule has 1 amide bonds. The van der Waals surface area contributed by atoms with Gasteiger partial charge < -0.3 is 15.4 Å². The number of carbonyl (C=O) groups is 2. The van der Waals surface area contributed by atoms with Gasteiger partial charge in [-0.15, -0.1) is 5.10 Å². The minimum Gasteiger partial charge on any atom is -0.469 e. The summed E-state index contributed by atoms with van der Waals surface area (Å²) in [6.07, 6.45) is 1.97. The van der Waals surface area contributed by atoms with Crippen molar-refractivity contribution in [2.45, 2.75) is 38.3 Å². The van der Waals surface area contributed by atoms with E-state index in [0.717, 1.165) is 37.2 Å². The van der Waals surface area contributed by atoms with E-state index in [0.29, 0.717) is 5.69 Å². The van der Waals surface area contributed by atoms with Crippen LogP contribution in [0.15, 0.2) is 30.3 Å². The zero-order valence-corrected chi connectivity index (χ0v) is 15.6. The van der Waals surface area contributed by atoms with Gasteiger partial charge in [-0.05, 0) is 38.4 Å². The maximum absolute atomic E-state index is 12.8. The number of piperidine rings is 1. The molecule has 0 saturated carbocycles. The number of nitrogens with zero attached hydrogens (tertiary/aromatic N) is 3. The third-order valence-corrected chi connectivity index (χ3v) is 4.90. The number of esters is 1. The lowest BCUT2D eigenvalue weighted by Gasteiger charge is -2.23. The third-order valence-electron chi connectivity index (χ3n) is 4.90. The van der Waals surface area contributed by atoms with Gasteiger partial charge in [0.05, 0.1) is 31.3 Å². The molecule has 2 N–H and O–H groups in total. The first-order valence-corrected chi connectivity index (χ1v) is 9.15. The molecule has 1 saturated heterocycles. The number of hydrogen-bond donors (Lipinski definition) is 2. The number of ether oxygens (including phenoxy) is 1. The summed E-state index contributed by atoms with van der Waals surface area (Å²) in [5.74, 6) is -0.732. The van der Waals surface area contributed by atoms with Gasteiger partial charge in [-0.3, -0.25) is 9.59 Å². The Hall–Kier alpha value is -2.74. The van der Waals surface area contributed by atoms with E-state index in [-0.39, 0.29) is 24.3 Å². The molecule has 27 heavy (non-hydrogen) atoms.